The maximum atomic E-state index is 11.0. The zero-order valence-corrected chi connectivity index (χ0v) is 12.2. The highest BCUT2D eigenvalue weighted by atomic mass is 16.6. The molecule has 1 aliphatic heterocycles. The second kappa shape index (κ2) is 7.72. The first-order chi connectivity index (χ1) is 10.2. The fourth-order valence-corrected chi connectivity index (χ4v) is 2.27. The van der Waals surface area contributed by atoms with E-state index in [1.54, 1.807) is 0 Å². The molecule has 8 heteroatoms. The van der Waals surface area contributed by atoms with E-state index in [0.717, 1.165) is 25.9 Å². The second-order valence-corrected chi connectivity index (χ2v) is 4.92. The average molecular weight is 295 g/mol. The van der Waals surface area contributed by atoms with E-state index in [1.807, 2.05) is 6.92 Å². The molecule has 1 saturated heterocycles. The van der Waals surface area contributed by atoms with Gasteiger partial charge in [0.2, 0.25) is 11.8 Å². The Kier molecular flexibility index (Phi) is 5.68. The zero-order valence-electron chi connectivity index (χ0n) is 12.2. The first kappa shape index (κ1) is 15.4. The smallest absolute Gasteiger partial charge is 0.329 e. The van der Waals surface area contributed by atoms with Gasteiger partial charge in [-0.2, -0.15) is 4.98 Å². The van der Waals surface area contributed by atoms with E-state index in [4.69, 9.17) is 4.74 Å². The molecule has 1 aromatic heterocycles. The van der Waals surface area contributed by atoms with Crippen LogP contribution in [0.1, 0.15) is 32.6 Å². The van der Waals surface area contributed by atoms with Gasteiger partial charge in [-0.25, -0.2) is 4.98 Å². The van der Waals surface area contributed by atoms with Crippen molar-refractivity contribution in [1.82, 2.24) is 9.97 Å². The van der Waals surface area contributed by atoms with Gasteiger partial charge in [-0.1, -0.05) is 0 Å². The lowest BCUT2D eigenvalue weighted by atomic mass is 10.1. The van der Waals surface area contributed by atoms with Gasteiger partial charge in [-0.3, -0.25) is 10.1 Å². The van der Waals surface area contributed by atoms with Gasteiger partial charge in [0.1, 0.15) is 6.20 Å². The number of hydrogen-bond acceptors (Lipinski definition) is 7. The van der Waals surface area contributed by atoms with Crippen molar-refractivity contribution in [2.24, 2.45) is 0 Å². The first-order valence-corrected chi connectivity index (χ1v) is 7.31. The molecule has 0 spiro atoms. The van der Waals surface area contributed by atoms with E-state index in [0.29, 0.717) is 19.0 Å². The summed E-state index contributed by atoms with van der Waals surface area (Å²) in [6.07, 6.45) is 5.63. The minimum Gasteiger partial charge on any atom is -0.378 e. The molecule has 0 saturated carbocycles. The third-order valence-corrected chi connectivity index (χ3v) is 3.33. The summed E-state index contributed by atoms with van der Waals surface area (Å²) in [6.45, 7) is 3.97. The van der Waals surface area contributed by atoms with Gasteiger partial charge in [-0.05, 0) is 32.6 Å². The maximum absolute atomic E-state index is 11.0. The van der Waals surface area contributed by atoms with Crippen LogP contribution in [0, 0.1) is 10.1 Å². The molecule has 2 rings (SSSR count). The summed E-state index contributed by atoms with van der Waals surface area (Å²) >= 11 is 0. The highest BCUT2D eigenvalue weighted by molar-refractivity contribution is 5.56. The van der Waals surface area contributed by atoms with Crippen molar-refractivity contribution in [3.8, 4) is 0 Å². The fraction of sp³-hybridized carbons (Fsp3) is 0.692. The quantitative estimate of drug-likeness (QED) is 0.587. The molecule has 1 unspecified atom stereocenters. The number of ether oxygens (including phenoxy) is 1. The standard InChI is InChI=1S/C13H21N5O3/c1-2-14-13-16-9-11(18(19)20)12(17-13)15-7-6-10-5-3-4-8-21-10/h9-10H,2-8H2,1H3,(H2,14,15,16,17). The Bertz CT molecular complexity index is 477. The van der Waals surface area contributed by atoms with Crippen LogP contribution >= 0.6 is 0 Å². The Morgan fingerprint density at radius 1 is 1.48 bits per heavy atom. The molecule has 0 bridgehead atoms. The van der Waals surface area contributed by atoms with Crippen molar-refractivity contribution in [2.75, 3.05) is 30.3 Å². The van der Waals surface area contributed by atoms with Crippen molar-refractivity contribution >= 4 is 17.5 Å². The number of rotatable bonds is 7. The van der Waals surface area contributed by atoms with E-state index in [1.165, 1.54) is 12.6 Å². The molecule has 1 aromatic rings. The highest BCUT2D eigenvalue weighted by Crippen LogP contribution is 2.22. The first-order valence-electron chi connectivity index (χ1n) is 7.31. The molecule has 0 amide bonds. The summed E-state index contributed by atoms with van der Waals surface area (Å²) in [4.78, 5) is 18.6. The Morgan fingerprint density at radius 2 is 2.33 bits per heavy atom. The third kappa shape index (κ3) is 4.52. The van der Waals surface area contributed by atoms with E-state index < -0.39 is 4.92 Å². The lowest BCUT2D eigenvalue weighted by Crippen LogP contribution is -2.22. The maximum Gasteiger partial charge on any atom is 0.329 e. The second-order valence-electron chi connectivity index (χ2n) is 4.92. The minimum absolute atomic E-state index is 0.110. The van der Waals surface area contributed by atoms with Crippen LogP contribution in [0.3, 0.4) is 0 Å². The van der Waals surface area contributed by atoms with Crippen molar-refractivity contribution in [3.05, 3.63) is 16.3 Å². The van der Waals surface area contributed by atoms with Gasteiger partial charge >= 0.3 is 5.69 Å². The van der Waals surface area contributed by atoms with Crippen molar-refractivity contribution in [1.29, 1.82) is 0 Å². The number of aromatic nitrogens is 2. The van der Waals surface area contributed by atoms with Gasteiger partial charge in [0.05, 0.1) is 11.0 Å². The Labute approximate surface area is 123 Å². The Hall–Kier alpha value is -1.96. The van der Waals surface area contributed by atoms with Crippen molar-refractivity contribution < 1.29 is 9.66 Å². The predicted molar refractivity (Wildman–Crippen MR) is 79.5 cm³/mol. The Morgan fingerprint density at radius 3 is 3.00 bits per heavy atom. The van der Waals surface area contributed by atoms with E-state index in [2.05, 4.69) is 20.6 Å². The number of nitrogens with zero attached hydrogens (tertiary/aromatic N) is 3. The van der Waals surface area contributed by atoms with Crippen molar-refractivity contribution in [2.45, 2.75) is 38.7 Å². The molecule has 1 atom stereocenters. The molecular weight excluding hydrogens is 274 g/mol. The van der Waals surface area contributed by atoms with Crippen LogP contribution in [0.25, 0.3) is 0 Å². The predicted octanol–water partition coefficient (Wildman–Crippen LogP) is 2.19. The molecule has 0 aromatic carbocycles. The summed E-state index contributed by atoms with van der Waals surface area (Å²) in [5.74, 6) is 0.640. The van der Waals surface area contributed by atoms with Crippen LogP contribution < -0.4 is 10.6 Å². The van der Waals surface area contributed by atoms with Crippen LogP contribution in [0.5, 0.6) is 0 Å². The number of anilines is 2. The third-order valence-electron chi connectivity index (χ3n) is 3.33. The summed E-state index contributed by atoms with van der Waals surface area (Å²) in [5.41, 5.74) is -0.110. The SMILES string of the molecule is CCNc1ncc([N+](=O)[O-])c(NCCC2CCCCO2)n1. The Balaban J connectivity index is 1.95. The van der Waals surface area contributed by atoms with Gasteiger partial charge in [0.25, 0.3) is 0 Å². The summed E-state index contributed by atoms with van der Waals surface area (Å²) in [6, 6.07) is 0. The highest BCUT2D eigenvalue weighted by Gasteiger charge is 2.18. The molecule has 8 nitrogen and oxygen atoms in total. The fourth-order valence-electron chi connectivity index (χ4n) is 2.27. The van der Waals surface area contributed by atoms with Crippen LogP contribution in [0.2, 0.25) is 0 Å². The van der Waals surface area contributed by atoms with Gasteiger partial charge in [-0.15, -0.1) is 0 Å². The van der Waals surface area contributed by atoms with Crippen LogP contribution in [0.15, 0.2) is 6.20 Å². The van der Waals surface area contributed by atoms with E-state index in [9.17, 15) is 10.1 Å². The molecule has 0 radical (unpaired) electrons. The molecule has 2 N–H and O–H groups in total. The minimum atomic E-state index is -0.477. The largest absolute Gasteiger partial charge is 0.378 e. The lowest BCUT2D eigenvalue weighted by molar-refractivity contribution is -0.384. The van der Waals surface area contributed by atoms with Crippen LogP contribution in [-0.2, 0) is 4.74 Å². The molecule has 0 aliphatic carbocycles. The van der Waals surface area contributed by atoms with E-state index in [-0.39, 0.29) is 17.6 Å². The number of nitrogens with one attached hydrogen (secondary N) is 2. The topological polar surface area (TPSA) is 102 Å². The summed E-state index contributed by atoms with van der Waals surface area (Å²) in [7, 11) is 0. The van der Waals surface area contributed by atoms with Crippen LogP contribution in [0.4, 0.5) is 17.5 Å². The number of nitro groups is 1. The molecule has 1 aliphatic rings. The van der Waals surface area contributed by atoms with Gasteiger partial charge < -0.3 is 15.4 Å². The molecule has 116 valence electrons. The van der Waals surface area contributed by atoms with Gasteiger partial charge in [0.15, 0.2) is 0 Å². The number of hydrogen-bond donors (Lipinski definition) is 2. The molecule has 2 heterocycles. The van der Waals surface area contributed by atoms with Crippen molar-refractivity contribution in [3.63, 3.8) is 0 Å². The lowest BCUT2D eigenvalue weighted by Gasteiger charge is -2.22. The van der Waals surface area contributed by atoms with Crippen LogP contribution in [-0.4, -0.2) is 40.7 Å². The monoisotopic (exact) mass is 295 g/mol. The normalized spacial score (nSPS) is 18.2. The zero-order chi connectivity index (χ0) is 15.1. The average Bonchev–Trinajstić information content (AvgIpc) is 2.49. The molecule has 21 heavy (non-hydrogen) atoms. The molecule has 1 fully saturated rings. The summed E-state index contributed by atoms with van der Waals surface area (Å²) in [5, 5.41) is 17.0. The van der Waals surface area contributed by atoms with Gasteiger partial charge in [0, 0.05) is 19.7 Å². The molecular formula is C13H21N5O3. The summed E-state index contributed by atoms with van der Waals surface area (Å²) < 4.78 is 5.64. The van der Waals surface area contributed by atoms with E-state index >= 15 is 0 Å².